The molecule has 0 saturated heterocycles. The molecule has 4 rings (SSSR count). The minimum Gasteiger partial charge on any atom is -0.454 e. The number of benzene rings is 3. The first kappa shape index (κ1) is 18.4. The zero-order valence-corrected chi connectivity index (χ0v) is 14.9. The molecule has 29 heavy (non-hydrogen) atoms. The van der Waals surface area contributed by atoms with E-state index in [1.165, 1.54) is 30.3 Å². The summed E-state index contributed by atoms with van der Waals surface area (Å²) < 4.78 is 36.7. The quantitative estimate of drug-likeness (QED) is 0.693. The summed E-state index contributed by atoms with van der Waals surface area (Å²) in [5.74, 6) is -1.78. The second kappa shape index (κ2) is 7.59. The van der Waals surface area contributed by atoms with Gasteiger partial charge in [0.25, 0.3) is 11.8 Å². The van der Waals surface area contributed by atoms with Crippen molar-refractivity contribution in [1.82, 2.24) is 0 Å². The van der Waals surface area contributed by atoms with Crippen LogP contribution in [0.5, 0.6) is 11.5 Å². The molecule has 0 aromatic heterocycles. The van der Waals surface area contributed by atoms with Crippen molar-refractivity contribution in [2.24, 2.45) is 0 Å². The lowest BCUT2D eigenvalue weighted by Gasteiger charge is -2.08. The highest BCUT2D eigenvalue weighted by molar-refractivity contribution is 6.07. The normalized spacial score (nSPS) is 11.8. The third kappa shape index (κ3) is 4.01. The number of rotatable bonds is 4. The smallest absolute Gasteiger partial charge is 0.255 e. The van der Waals surface area contributed by atoms with E-state index in [4.69, 9.17) is 9.47 Å². The minimum atomic E-state index is -1.06. The lowest BCUT2D eigenvalue weighted by atomic mass is 10.1. The van der Waals surface area contributed by atoms with Gasteiger partial charge >= 0.3 is 0 Å². The van der Waals surface area contributed by atoms with Gasteiger partial charge in [-0.3, -0.25) is 9.59 Å². The summed E-state index contributed by atoms with van der Waals surface area (Å²) in [7, 11) is 0. The molecule has 0 fully saturated rings. The molecule has 3 aromatic rings. The Balaban J connectivity index is 1.42. The maximum Gasteiger partial charge on any atom is 0.255 e. The largest absolute Gasteiger partial charge is 0.454 e. The first-order valence-electron chi connectivity index (χ1n) is 8.57. The Kier molecular flexibility index (Phi) is 4.82. The van der Waals surface area contributed by atoms with Crippen molar-refractivity contribution in [3.05, 3.63) is 83.4 Å². The predicted molar refractivity (Wildman–Crippen MR) is 101 cm³/mol. The fraction of sp³-hybridized carbons (Fsp3) is 0.0476. The van der Waals surface area contributed by atoms with Crippen LogP contribution in [0.15, 0.2) is 60.7 Å². The molecule has 0 aliphatic carbocycles. The van der Waals surface area contributed by atoms with Crippen molar-refractivity contribution in [3.63, 3.8) is 0 Å². The van der Waals surface area contributed by atoms with Crippen LogP contribution >= 0.6 is 0 Å². The molecule has 6 nitrogen and oxygen atoms in total. The number of hydrogen-bond acceptors (Lipinski definition) is 4. The Labute approximate surface area is 164 Å². The lowest BCUT2D eigenvalue weighted by Crippen LogP contribution is -2.14. The molecule has 2 amide bonds. The van der Waals surface area contributed by atoms with Gasteiger partial charge in [-0.15, -0.1) is 0 Å². The van der Waals surface area contributed by atoms with Gasteiger partial charge in [-0.1, -0.05) is 0 Å². The van der Waals surface area contributed by atoms with E-state index in [1.54, 1.807) is 18.2 Å². The summed E-state index contributed by atoms with van der Waals surface area (Å²) in [5.41, 5.74) is 1.26. The molecule has 0 saturated carbocycles. The van der Waals surface area contributed by atoms with Gasteiger partial charge in [-0.25, -0.2) is 8.78 Å². The van der Waals surface area contributed by atoms with Gasteiger partial charge in [0.05, 0.1) is 0 Å². The van der Waals surface area contributed by atoms with Crippen LogP contribution < -0.4 is 20.1 Å². The van der Waals surface area contributed by atoms with E-state index in [1.807, 2.05) is 0 Å². The van der Waals surface area contributed by atoms with Gasteiger partial charge in [-0.05, 0) is 48.5 Å². The van der Waals surface area contributed by atoms with Crippen molar-refractivity contribution < 1.29 is 27.8 Å². The third-order valence-corrected chi connectivity index (χ3v) is 4.22. The number of halogens is 2. The van der Waals surface area contributed by atoms with E-state index in [0.717, 1.165) is 12.1 Å². The van der Waals surface area contributed by atoms with Gasteiger partial charge in [0, 0.05) is 34.6 Å². The van der Waals surface area contributed by atoms with Crippen LogP contribution in [0.4, 0.5) is 20.2 Å². The number of carbonyl (C=O) groups is 2. The minimum absolute atomic E-state index is 0.124. The van der Waals surface area contributed by atoms with Crippen LogP contribution in [0.1, 0.15) is 20.7 Å². The van der Waals surface area contributed by atoms with E-state index in [0.29, 0.717) is 22.7 Å². The molecule has 2 N–H and O–H groups in total. The van der Waals surface area contributed by atoms with E-state index < -0.39 is 17.5 Å². The molecule has 0 unspecified atom stereocenters. The van der Waals surface area contributed by atoms with Crippen molar-refractivity contribution in [2.45, 2.75) is 0 Å². The number of amides is 2. The van der Waals surface area contributed by atoms with E-state index >= 15 is 0 Å². The highest BCUT2D eigenvalue weighted by atomic mass is 19.2. The molecular weight excluding hydrogens is 382 g/mol. The standard InChI is InChI=1S/C21H14F2N2O4/c22-16-7-5-14(9-17(16)23)24-20(26)12-1-3-13(4-2-12)21(27)25-15-6-8-18-19(10-15)29-11-28-18/h1-10H,11H2,(H,24,26)(H,25,27). The van der Waals surface area contributed by atoms with Crippen molar-refractivity contribution in [1.29, 1.82) is 0 Å². The second-order valence-electron chi connectivity index (χ2n) is 6.18. The molecule has 146 valence electrons. The van der Waals surface area contributed by atoms with E-state index in [-0.39, 0.29) is 24.0 Å². The highest BCUT2D eigenvalue weighted by Gasteiger charge is 2.15. The molecule has 0 atom stereocenters. The number of ether oxygens (including phenoxy) is 2. The first-order valence-corrected chi connectivity index (χ1v) is 8.57. The predicted octanol–water partition coefficient (Wildman–Crippen LogP) is 4.20. The maximum atomic E-state index is 13.2. The number of carbonyl (C=O) groups excluding carboxylic acids is 2. The molecule has 1 heterocycles. The van der Waals surface area contributed by atoms with Gasteiger partial charge < -0.3 is 20.1 Å². The van der Waals surface area contributed by atoms with Crippen LogP contribution in [0.3, 0.4) is 0 Å². The second-order valence-corrected chi connectivity index (χ2v) is 6.18. The first-order chi connectivity index (χ1) is 14.0. The zero-order valence-electron chi connectivity index (χ0n) is 14.9. The molecule has 1 aliphatic heterocycles. The summed E-state index contributed by atoms with van der Waals surface area (Å²) in [6.07, 6.45) is 0. The lowest BCUT2D eigenvalue weighted by molar-refractivity contribution is 0.101. The Hall–Kier alpha value is -3.94. The number of anilines is 2. The molecule has 0 radical (unpaired) electrons. The topological polar surface area (TPSA) is 76.7 Å². The Morgan fingerprint density at radius 2 is 1.24 bits per heavy atom. The average molecular weight is 396 g/mol. The van der Waals surface area contributed by atoms with Crippen molar-refractivity contribution in [2.75, 3.05) is 17.4 Å². The van der Waals surface area contributed by atoms with Crippen LogP contribution in [0.25, 0.3) is 0 Å². The van der Waals surface area contributed by atoms with Gasteiger partial charge in [0.15, 0.2) is 23.1 Å². The Morgan fingerprint density at radius 3 is 1.86 bits per heavy atom. The Bertz CT molecular complexity index is 1100. The third-order valence-electron chi connectivity index (χ3n) is 4.22. The van der Waals surface area contributed by atoms with Gasteiger partial charge in [-0.2, -0.15) is 0 Å². The van der Waals surface area contributed by atoms with Crippen LogP contribution in [0.2, 0.25) is 0 Å². The van der Waals surface area contributed by atoms with Crippen molar-refractivity contribution >= 4 is 23.2 Å². The number of fused-ring (bicyclic) bond motifs is 1. The zero-order chi connectivity index (χ0) is 20.4. The Morgan fingerprint density at radius 1 is 0.690 bits per heavy atom. The summed E-state index contributed by atoms with van der Waals surface area (Å²) in [4.78, 5) is 24.6. The van der Waals surface area contributed by atoms with E-state index in [9.17, 15) is 18.4 Å². The van der Waals surface area contributed by atoms with Crippen LogP contribution in [0, 0.1) is 11.6 Å². The average Bonchev–Trinajstić information content (AvgIpc) is 3.18. The fourth-order valence-electron chi connectivity index (χ4n) is 2.73. The van der Waals surface area contributed by atoms with Crippen LogP contribution in [-0.4, -0.2) is 18.6 Å². The monoisotopic (exact) mass is 396 g/mol. The molecule has 8 heteroatoms. The highest BCUT2D eigenvalue weighted by Crippen LogP contribution is 2.34. The van der Waals surface area contributed by atoms with E-state index in [2.05, 4.69) is 10.6 Å². The van der Waals surface area contributed by atoms with Gasteiger partial charge in [0.2, 0.25) is 6.79 Å². The number of hydrogen-bond donors (Lipinski definition) is 2. The summed E-state index contributed by atoms with van der Waals surface area (Å²) >= 11 is 0. The number of nitrogens with one attached hydrogen (secondary N) is 2. The molecule has 0 spiro atoms. The summed E-state index contributed by atoms with van der Waals surface area (Å²) in [6.45, 7) is 0.140. The van der Waals surface area contributed by atoms with Crippen molar-refractivity contribution in [3.8, 4) is 11.5 Å². The van der Waals surface area contributed by atoms with Crippen LogP contribution in [-0.2, 0) is 0 Å². The SMILES string of the molecule is O=C(Nc1ccc(F)c(F)c1)c1ccc(C(=O)Nc2ccc3c(c2)OCO3)cc1. The summed E-state index contributed by atoms with van der Waals surface area (Å²) in [5, 5.41) is 5.20. The maximum absolute atomic E-state index is 13.2. The molecule has 3 aromatic carbocycles. The van der Waals surface area contributed by atoms with Gasteiger partial charge in [0.1, 0.15) is 0 Å². The molecule has 0 bridgehead atoms. The molecular formula is C21H14F2N2O4. The molecule has 1 aliphatic rings. The fourth-order valence-corrected chi connectivity index (χ4v) is 2.73. The summed E-state index contributed by atoms with van der Waals surface area (Å²) in [6, 6.07) is 14.0.